The lowest BCUT2D eigenvalue weighted by atomic mass is 10.1. The van der Waals surface area contributed by atoms with Crippen LogP contribution in [-0.2, 0) is 4.79 Å². The van der Waals surface area contributed by atoms with Crippen molar-refractivity contribution in [2.24, 2.45) is 11.5 Å². The molecule has 1 aromatic rings. The minimum Gasteiger partial charge on any atom is -0.368 e. The summed E-state index contributed by atoms with van der Waals surface area (Å²) in [4.78, 5) is 12.1. The number of hydrogen-bond donors (Lipinski definition) is 2. The fourth-order valence-electron chi connectivity index (χ4n) is 0.939. The molecular formula is C11H16N2OS. The average molecular weight is 224 g/mol. The summed E-state index contributed by atoms with van der Waals surface area (Å²) in [6, 6.07) is 8.08. The largest absolute Gasteiger partial charge is 0.368 e. The quantitative estimate of drug-likeness (QED) is 0.757. The molecule has 0 aromatic heterocycles. The van der Waals surface area contributed by atoms with Crippen LogP contribution in [0.1, 0.15) is 12.5 Å². The van der Waals surface area contributed by atoms with Crippen LogP contribution in [0.5, 0.6) is 0 Å². The molecule has 0 bridgehead atoms. The molecule has 0 aliphatic rings. The van der Waals surface area contributed by atoms with E-state index in [2.05, 4.69) is 0 Å². The van der Waals surface area contributed by atoms with Gasteiger partial charge >= 0.3 is 0 Å². The second-order valence-corrected chi connectivity index (χ2v) is 4.93. The number of primary amides is 1. The van der Waals surface area contributed by atoms with E-state index in [0.29, 0.717) is 5.75 Å². The number of benzene rings is 1. The number of hydrogen-bond acceptors (Lipinski definition) is 3. The number of thioether (sulfide) groups is 1. The molecule has 15 heavy (non-hydrogen) atoms. The Balaban J connectivity index is 2.57. The van der Waals surface area contributed by atoms with Gasteiger partial charge in [0.1, 0.15) is 5.54 Å². The third-order valence-electron chi connectivity index (χ3n) is 2.12. The Labute approximate surface area is 94.2 Å². The van der Waals surface area contributed by atoms with Crippen LogP contribution in [0.15, 0.2) is 29.2 Å². The smallest absolute Gasteiger partial charge is 0.238 e. The minimum absolute atomic E-state index is 0.470. The van der Waals surface area contributed by atoms with Crippen LogP contribution in [0, 0.1) is 6.92 Å². The van der Waals surface area contributed by atoms with E-state index in [-0.39, 0.29) is 0 Å². The SMILES string of the molecule is Cc1ccc(SCC(C)(N)C(N)=O)cc1. The van der Waals surface area contributed by atoms with Gasteiger partial charge in [0.05, 0.1) is 0 Å². The van der Waals surface area contributed by atoms with Gasteiger partial charge in [-0.2, -0.15) is 0 Å². The van der Waals surface area contributed by atoms with Gasteiger partial charge in [0.2, 0.25) is 5.91 Å². The van der Waals surface area contributed by atoms with E-state index in [4.69, 9.17) is 11.5 Å². The van der Waals surface area contributed by atoms with E-state index in [0.717, 1.165) is 4.90 Å². The molecule has 4 N–H and O–H groups in total. The number of carbonyl (C=O) groups is 1. The molecule has 0 aliphatic carbocycles. The molecule has 1 rings (SSSR count). The van der Waals surface area contributed by atoms with E-state index >= 15 is 0 Å². The predicted octanol–water partition coefficient (Wildman–Crippen LogP) is 1.29. The van der Waals surface area contributed by atoms with Crippen molar-refractivity contribution >= 4 is 17.7 Å². The highest BCUT2D eigenvalue weighted by Gasteiger charge is 2.25. The van der Waals surface area contributed by atoms with Crippen LogP contribution < -0.4 is 11.5 Å². The molecule has 1 atom stereocenters. The summed E-state index contributed by atoms with van der Waals surface area (Å²) in [7, 11) is 0. The third kappa shape index (κ3) is 3.57. The lowest BCUT2D eigenvalue weighted by molar-refractivity contribution is -0.121. The lowest BCUT2D eigenvalue weighted by Gasteiger charge is -2.19. The number of rotatable bonds is 4. The Kier molecular flexibility index (Phi) is 3.77. The summed E-state index contributed by atoms with van der Waals surface area (Å²) in [5.41, 5.74) is 11.2. The van der Waals surface area contributed by atoms with Crippen molar-refractivity contribution in [1.29, 1.82) is 0 Å². The molecule has 1 aromatic carbocycles. The summed E-state index contributed by atoms with van der Waals surface area (Å²) < 4.78 is 0. The summed E-state index contributed by atoms with van der Waals surface area (Å²) in [6.45, 7) is 3.68. The van der Waals surface area contributed by atoms with Crippen LogP contribution in [0.2, 0.25) is 0 Å². The standard InChI is InChI=1S/C11H16N2OS/c1-8-3-5-9(6-4-8)15-7-11(2,13)10(12)14/h3-6H,7,13H2,1-2H3,(H2,12,14). The molecule has 0 saturated heterocycles. The fraction of sp³-hybridized carbons (Fsp3) is 0.364. The highest BCUT2D eigenvalue weighted by atomic mass is 32.2. The first-order valence-electron chi connectivity index (χ1n) is 4.70. The summed E-state index contributed by atoms with van der Waals surface area (Å²) in [5.74, 6) is 0.0212. The Bertz CT molecular complexity index is 346. The van der Waals surface area contributed by atoms with Crippen LogP contribution in [-0.4, -0.2) is 17.2 Å². The molecule has 0 fully saturated rings. The highest BCUT2D eigenvalue weighted by molar-refractivity contribution is 7.99. The molecule has 3 nitrogen and oxygen atoms in total. The van der Waals surface area contributed by atoms with Gasteiger partial charge in [-0.05, 0) is 26.0 Å². The van der Waals surface area contributed by atoms with Crippen LogP contribution in [0.4, 0.5) is 0 Å². The summed E-state index contributed by atoms with van der Waals surface area (Å²) in [5, 5.41) is 0. The van der Waals surface area contributed by atoms with Gasteiger partial charge in [-0.15, -0.1) is 11.8 Å². The number of carbonyl (C=O) groups excluding carboxylic acids is 1. The van der Waals surface area contributed by atoms with Crippen molar-refractivity contribution in [1.82, 2.24) is 0 Å². The monoisotopic (exact) mass is 224 g/mol. The average Bonchev–Trinajstić information content (AvgIpc) is 2.17. The van der Waals surface area contributed by atoms with Crippen LogP contribution >= 0.6 is 11.8 Å². The van der Waals surface area contributed by atoms with Gasteiger partial charge in [-0.1, -0.05) is 17.7 Å². The molecule has 0 heterocycles. The van der Waals surface area contributed by atoms with Gasteiger partial charge < -0.3 is 11.5 Å². The normalized spacial score (nSPS) is 14.6. The maximum absolute atomic E-state index is 11.0. The van der Waals surface area contributed by atoms with E-state index < -0.39 is 11.4 Å². The van der Waals surface area contributed by atoms with Gasteiger partial charge in [-0.3, -0.25) is 4.79 Å². The molecule has 82 valence electrons. The molecule has 0 aliphatic heterocycles. The van der Waals surface area contributed by atoms with Gasteiger partial charge in [0.15, 0.2) is 0 Å². The second-order valence-electron chi connectivity index (χ2n) is 3.88. The Morgan fingerprint density at radius 1 is 1.40 bits per heavy atom. The molecule has 0 saturated carbocycles. The first-order chi connectivity index (χ1) is 6.92. The van der Waals surface area contributed by atoms with Gasteiger partial charge in [0.25, 0.3) is 0 Å². The van der Waals surface area contributed by atoms with Crippen molar-refractivity contribution in [3.8, 4) is 0 Å². The zero-order valence-corrected chi connectivity index (χ0v) is 9.80. The van der Waals surface area contributed by atoms with E-state index in [9.17, 15) is 4.79 Å². The van der Waals surface area contributed by atoms with Crippen LogP contribution in [0.25, 0.3) is 0 Å². The zero-order chi connectivity index (χ0) is 11.5. The molecule has 0 spiro atoms. The molecule has 1 unspecified atom stereocenters. The topological polar surface area (TPSA) is 69.1 Å². The summed E-state index contributed by atoms with van der Waals surface area (Å²) >= 11 is 1.54. The van der Waals surface area contributed by atoms with Crippen molar-refractivity contribution in [2.45, 2.75) is 24.3 Å². The number of aryl methyl sites for hydroxylation is 1. The van der Waals surface area contributed by atoms with E-state index in [1.807, 2.05) is 31.2 Å². The third-order valence-corrected chi connectivity index (χ3v) is 3.47. The van der Waals surface area contributed by atoms with Crippen molar-refractivity contribution in [2.75, 3.05) is 5.75 Å². The maximum atomic E-state index is 11.0. The fourth-order valence-corrected chi connectivity index (χ4v) is 1.88. The second kappa shape index (κ2) is 4.68. The van der Waals surface area contributed by atoms with Crippen molar-refractivity contribution in [3.05, 3.63) is 29.8 Å². The highest BCUT2D eigenvalue weighted by Crippen LogP contribution is 2.21. The zero-order valence-electron chi connectivity index (χ0n) is 8.99. The predicted molar refractivity (Wildman–Crippen MR) is 63.7 cm³/mol. The first-order valence-corrected chi connectivity index (χ1v) is 5.68. The number of nitrogens with two attached hydrogens (primary N) is 2. The lowest BCUT2D eigenvalue weighted by Crippen LogP contribution is -2.51. The van der Waals surface area contributed by atoms with Gasteiger partial charge in [-0.25, -0.2) is 0 Å². The summed E-state index contributed by atoms with van der Waals surface area (Å²) in [6.07, 6.45) is 0. The van der Waals surface area contributed by atoms with Crippen LogP contribution in [0.3, 0.4) is 0 Å². The van der Waals surface area contributed by atoms with E-state index in [1.54, 1.807) is 6.92 Å². The Morgan fingerprint density at radius 3 is 2.40 bits per heavy atom. The minimum atomic E-state index is -0.949. The maximum Gasteiger partial charge on any atom is 0.238 e. The van der Waals surface area contributed by atoms with Gasteiger partial charge in [0, 0.05) is 10.6 Å². The molecule has 4 heteroatoms. The molecule has 0 radical (unpaired) electrons. The first kappa shape index (κ1) is 12.1. The van der Waals surface area contributed by atoms with Crippen molar-refractivity contribution < 1.29 is 4.79 Å². The number of amides is 1. The Hall–Kier alpha value is -1.00. The van der Waals surface area contributed by atoms with Crippen molar-refractivity contribution in [3.63, 3.8) is 0 Å². The Morgan fingerprint density at radius 2 is 1.93 bits per heavy atom. The van der Waals surface area contributed by atoms with E-state index in [1.165, 1.54) is 17.3 Å². The molecule has 1 amide bonds. The molecular weight excluding hydrogens is 208 g/mol.